The van der Waals surface area contributed by atoms with Crippen molar-refractivity contribution in [2.24, 2.45) is 0 Å². The van der Waals surface area contributed by atoms with Crippen molar-refractivity contribution in [2.45, 2.75) is 38.9 Å². The second-order valence-corrected chi connectivity index (χ2v) is 8.65. The van der Waals surface area contributed by atoms with E-state index in [1.807, 2.05) is 13.8 Å². The lowest BCUT2D eigenvalue weighted by atomic mass is 9.86. The summed E-state index contributed by atoms with van der Waals surface area (Å²) >= 11 is 0. The van der Waals surface area contributed by atoms with Crippen LogP contribution in [-0.4, -0.2) is 60.0 Å². The number of ether oxygens (including phenoxy) is 8. The lowest BCUT2D eigenvalue weighted by Gasteiger charge is -2.26. The van der Waals surface area contributed by atoms with Crippen molar-refractivity contribution in [1.29, 1.82) is 0 Å². The molecule has 9 heteroatoms. The van der Waals surface area contributed by atoms with Crippen molar-refractivity contribution in [2.75, 3.05) is 42.7 Å². The van der Waals surface area contributed by atoms with E-state index in [1.54, 1.807) is 40.2 Å². The third kappa shape index (κ3) is 4.80. The third-order valence-corrected chi connectivity index (χ3v) is 6.52. The average molecular weight is 525 g/mol. The quantitative estimate of drug-likeness (QED) is 0.402. The van der Waals surface area contributed by atoms with Gasteiger partial charge in [-0.15, -0.1) is 0 Å². The Morgan fingerprint density at radius 1 is 0.605 bits per heavy atom. The number of rotatable bonds is 6. The Labute approximate surface area is 223 Å². The fraction of sp³-hybridized carbons (Fsp3) is 0.414. The second kappa shape index (κ2) is 10.9. The molecule has 0 bridgehead atoms. The predicted octanol–water partition coefficient (Wildman–Crippen LogP) is 4.44. The van der Waals surface area contributed by atoms with E-state index in [1.165, 1.54) is 28.4 Å². The van der Waals surface area contributed by atoms with Gasteiger partial charge in [-0.05, 0) is 39.5 Å². The molecular weight excluding hydrogens is 492 g/mol. The van der Waals surface area contributed by atoms with E-state index in [0.29, 0.717) is 56.8 Å². The normalized spacial score (nSPS) is 19.6. The van der Waals surface area contributed by atoms with Gasteiger partial charge in [-0.2, -0.15) is 0 Å². The number of cyclic esters (lactones) is 2. The summed E-state index contributed by atoms with van der Waals surface area (Å²) in [4.78, 5) is 12.3. The number of methoxy groups -OCH3 is 6. The van der Waals surface area contributed by atoms with Crippen molar-refractivity contribution in [3.8, 4) is 58.2 Å². The molecule has 1 fully saturated rings. The summed E-state index contributed by atoms with van der Waals surface area (Å²) in [5, 5.41) is 0. The molecule has 2 aromatic rings. The fourth-order valence-corrected chi connectivity index (χ4v) is 4.13. The highest BCUT2D eigenvalue weighted by Crippen LogP contribution is 2.41. The number of carbonyl (C=O) groups is 1. The van der Waals surface area contributed by atoms with Crippen molar-refractivity contribution in [3.63, 3.8) is 0 Å². The van der Waals surface area contributed by atoms with Crippen LogP contribution in [0.15, 0.2) is 12.1 Å². The molecule has 9 nitrogen and oxygen atoms in total. The average Bonchev–Trinajstić information content (AvgIpc) is 3.13. The molecular formula is C29H32O9. The summed E-state index contributed by atoms with van der Waals surface area (Å²) in [5.74, 6) is 15.2. The Kier molecular flexibility index (Phi) is 8.12. The molecule has 2 atom stereocenters. The Bertz CT molecular complexity index is 1270. The van der Waals surface area contributed by atoms with Gasteiger partial charge < -0.3 is 37.9 Å². The van der Waals surface area contributed by atoms with Crippen LogP contribution in [0, 0.1) is 37.5 Å². The van der Waals surface area contributed by atoms with Crippen LogP contribution in [0.4, 0.5) is 4.79 Å². The molecule has 0 aliphatic carbocycles. The van der Waals surface area contributed by atoms with Gasteiger partial charge in [0.05, 0.1) is 53.8 Å². The highest BCUT2D eigenvalue weighted by Gasteiger charge is 2.56. The van der Waals surface area contributed by atoms with E-state index in [2.05, 4.69) is 23.7 Å². The summed E-state index contributed by atoms with van der Waals surface area (Å²) in [6.07, 6.45) is -0.884. The van der Waals surface area contributed by atoms with E-state index in [4.69, 9.17) is 37.9 Å². The van der Waals surface area contributed by atoms with Gasteiger partial charge >= 0.3 is 6.16 Å². The maximum absolute atomic E-state index is 12.3. The van der Waals surface area contributed by atoms with E-state index in [9.17, 15) is 4.79 Å². The summed E-state index contributed by atoms with van der Waals surface area (Å²) in [6, 6.07) is 3.36. The van der Waals surface area contributed by atoms with Gasteiger partial charge in [0.1, 0.15) is 11.5 Å². The van der Waals surface area contributed by atoms with Crippen LogP contribution < -0.4 is 28.4 Å². The minimum atomic E-state index is -1.43. The number of carbonyl (C=O) groups excluding carboxylic acids is 1. The van der Waals surface area contributed by atoms with Crippen molar-refractivity contribution in [1.82, 2.24) is 0 Å². The first kappa shape index (κ1) is 28.2. The van der Waals surface area contributed by atoms with Crippen LogP contribution in [0.2, 0.25) is 0 Å². The molecule has 1 saturated heterocycles. The smallest absolute Gasteiger partial charge is 0.495 e. The molecule has 0 aromatic heterocycles. The van der Waals surface area contributed by atoms with Gasteiger partial charge in [-0.3, -0.25) is 0 Å². The first-order chi connectivity index (χ1) is 18.0. The molecule has 1 heterocycles. The molecule has 2 aromatic carbocycles. The topological polar surface area (TPSA) is 90.9 Å². The van der Waals surface area contributed by atoms with Crippen LogP contribution in [0.1, 0.15) is 36.1 Å². The molecule has 0 spiro atoms. The van der Waals surface area contributed by atoms with Gasteiger partial charge in [0.15, 0.2) is 23.0 Å². The van der Waals surface area contributed by atoms with Crippen LogP contribution in [0.3, 0.4) is 0 Å². The lowest BCUT2D eigenvalue weighted by Crippen LogP contribution is -2.45. The van der Waals surface area contributed by atoms with Crippen LogP contribution >= 0.6 is 0 Å². The first-order valence-electron chi connectivity index (χ1n) is 11.6. The van der Waals surface area contributed by atoms with E-state index < -0.39 is 17.4 Å². The Morgan fingerprint density at radius 3 is 1.24 bits per heavy atom. The molecule has 0 radical (unpaired) electrons. The summed E-state index contributed by atoms with van der Waals surface area (Å²) < 4.78 is 44.0. The first-order valence-corrected chi connectivity index (χ1v) is 11.6. The molecule has 0 amide bonds. The second-order valence-electron chi connectivity index (χ2n) is 8.65. The molecule has 38 heavy (non-hydrogen) atoms. The molecule has 0 saturated carbocycles. The zero-order chi connectivity index (χ0) is 28.3. The Balaban J connectivity index is 2.16. The lowest BCUT2D eigenvalue weighted by molar-refractivity contribution is 0.0692. The maximum Gasteiger partial charge on any atom is 0.511 e. The van der Waals surface area contributed by atoms with Crippen LogP contribution in [0.5, 0.6) is 34.5 Å². The maximum atomic E-state index is 12.3. The molecule has 202 valence electrons. The SMILES string of the molecule is COc1cc(OC)c(OC)c(C)c1C#C[C@@]1(C)OC(=O)O[C@@]1(C)C#Cc1c(OC)cc(OC)c(OC)c1C. The Hall–Kier alpha value is -4.37. The van der Waals surface area contributed by atoms with Crippen molar-refractivity contribution >= 4 is 6.16 Å². The van der Waals surface area contributed by atoms with Crippen molar-refractivity contribution in [3.05, 3.63) is 34.4 Å². The van der Waals surface area contributed by atoms with Gasteiger partial charge in [0, 0.05) is 23.3 Å². The predicted molar refractivity (Wildman–Crippen MR) is 140 cm³/mol. The zero-order valence-corrected chi connectivity index (χ0v) is 23.3. The van der Waals surface area contributed by atoms with E-state index >= 15 is 0 Å². The number of hydrogen-bond donors (Lipinski definition) is 0. The molecule has 0 N–H and O–H groups in total. The summed E-state index contributed by atoms with van der Waals surface area (Å²) in [7, 11) is 9.22. The van der Waals surface area contributed by atoms with Gasteiger partial charge in [0.2, 0.25) is 11.2 Å². The summed E-state index contributed by atoms with van der Waals surface area (Å²) in [6.45, 7) is 6.94. The molecule has 1 aliphatic rings. The minimum absolute atomic E-state index is 0.472. The van der Waals surface area contributed by atoms with E-state index in [-0.39, 0.29) is 0 Å². The third-order valence-electron chi connectivity index (χ3n) is 6.52. The highest BCUT2D eigenvalue weighted by atomic mass is 16.8. The van der Waals surface area contributed by atoms with Crippen LogP contribution in [-0.2, 0) is 9.47 Å². The van der Waals surface area contributed by atoms with Crippen molar-refractivity contribution < 1.29 is 42.7 Å². The van der Waals surface area contributed by atoms with Gasteiger partial charge in [-0.25, -0.2) is 4.79 Å². The van der Waals surface area contributed by atoms with E-state index in [0.717, 1.165) is 0 Å². The summed E-state index contributed by atoms with van der Waals surface area (Å²) in [5.41, 5.74) is -0.380. The van der Waals surface area contributed by atoms with Gasteiger partial charge in [-0.1, -0.05) is 11.8 Å². The molecule has 1 aliphatic heterocycles. The standard InChI is InChI=1S/C29H32O9/c1-17-19(21(31-5)15-23(33-7)25(17)35-9)11-13-28(3)29(4,38-27(30)37-28)14-12-20-18(2)26(36-10)24(34-8)16-22(20)32-6/h15-16H,1-10H3/t28-,29+. The minimum Gasteiger partial charge on any atom is -0.495 e. The molecule has 0 unspecified atom stereocenters. The zero-order valence-electron chi connectivity index (χ0n) is 23.3. The molecule has 3 rings (SSSR count). The largest absolute Gasteiger partial charge is 0.511 e. The monoisotopic (exact) mass is 524 g/mol. The van der Waals surface area contributed by atoms with Crippen LogP contribution in [0.25, 0.3) is 0 Å². The highest BCUT2D eigenvalue weighted by molar-refractivity contribution is 5.69. The number of hydrogen-bond acceptors (Lipinski definition) is 9. The number of benzene rings is 2. The fourth-order valence-electron chi connectivity index (χ4n) is 4.13. The Morgan fingerprint density at radius 2 is 0.947 bits per heavy atom. The van der Waals surface area contributed by atoms with Gasteiger partial charge in [0.25, 0.3) is 0 Å².